The molecular formula is C16H18BrFN2O. The van der Waals surface area contributed by atoms with Crippen LogP contribution in [-0.2, 0) is 6.54 Å². The first-order valence-corrected chi connectivity index (χ1v) is 7.45. The summed E-state index contributed by atoms with van der Waals surface area (Å²) in [4.78, 5) is 4.23. The van der Waals surface area contributed by atoms with Crippen molar-refractivity contribution >= 4 is 15.9 Å². The topological polar surface area (TPSA) is 34.1 Å². The van der Waals surface area contributed by atoms with E-state index in [4.69, 9.17) is 4.74 Å². The van der Waals surface area contributed by atoms with Gasteiger partial charge in [-0.2, -0.15) is 0 Å². The molecule has 0 atom stereocenters. The summed E-state index contributed by atoms with van der Waals surface area (Å²) in [5.41, 5.74) is 1.13. The molecule has 112 valence electrons. The number of benzene rings is 1. The number of halogens is 2. The van der Waals surface area contributed by atoms with Gasteiger partial charge in [0.1, 0.15) is 11.6 Å². The Morgan fingerprint density at radius 2 is 2.00 bits per heavy atom. The lowest BCUT2D eigenvalue weighted by Gasteiger charge is -2.20. The minimum Gasteiger partial charge on any atom is -0.439 e. The highest BCUT2D eigenvalue weighted by Crippen LogP contribution is 2.24. The molecule has 0 bridgehead atoms. The van der Waals surface area contributed by atoms with Crippen LogP contribution in [0.25, 0.3) is 0 Å². The van der Waals surface area contributed by atoms with E-state index in [1.807, 2.05) is 6.07 Å². The lowest BCUT2D eigenvalue weighted by molar-refractivity contribution is 0.423. The van der Waals surface area contributed by atoms with Gasteiger partial charge < -0.3 is 10.1 Å². The van der Waals surface area contributed by atoms with Crippen molar-refractivity contribution in [1.29, 1.82) is 0 Å². The summed E-state index contributed by atoms with van der Waals surface area (Å²) < 4.78 is 19.4. The summed E-state index contributed by atoms with van der Waals surface area (Å²) in [6.07, 6.45) is 1.75. The molecule has 0 saturated carbocycles. The molecule has 1 aromatic carbocycles. The van der Waals surface area contributed by atoms with Gasteiger partial charge in [-0.25, -0.2) is 9.37 Å². The second-order valence-electron chi connectivity index (χ2n) is 5.82. The second-order valence-corrected chi connectivity index (χ2v) is 6.73. The van der Waals surface area contributed by atoms with Crippen molar-refractivity contribution in [2.24, 2.45) is 0 Å². The standard InChI is InChI=1S/C16H18BrFN2O/c1-16(2,3)20-10-11-4-5-15(19-9-11)21-14-7-12(17)6-13(18)8-14/h4-9,20H,10H2,1-3H3. The molecule has 3 nitrogen and oxygen atoms in total. The lowest BCUT2D eigenvalue weighted by Crippen LogP contribution is -2.35. The Bertz CT molecular complexity index is 588. The fourth-order valence-corrected chi connectivity index (χ4v) is 2.10. The van der Waals surface area contributed by atoms with Gasteiger partial charge in [-0.3, -0.25) is 0 Å². The molecular weight excluding hydrogens is 335 g/mol. The Morgan fingerprint density at radius 1 is 1.24 bits per heavy atom. The van der Waals surface area contributed by atoms with E-state index in [1.54, 1.807) is 18.3 Å². The maximum Gasteiger partial charge on any atom is 0.219 e. The number of nitrogens with one attached hydrogen (secondary N) is 1. The highest BCUT2D eigenvalue weighted by Gasteiger charge is 2.08. The Labute approximate surface area is 132 Å². The number of ether oxygens (including phenoxy) is 1. The molecule has 1 heterocycles. The summed E-state index contributed by atoms with van der Waals surface area (Å²) in [6, 6.07) is 8.11. The molecule has 21 heavy (non-hydrogen) atoms. The van der Waals surface area contributed by atoms with E-state index in [0.29, 0.717) is 16.1 Å². The normalized spacial score (nSPS) is 11.5. The average molecular weight is 353 g/mol. The van der Waals surface area contributed by atoms with Crippen LogP contribution in [0.5, 0.6) is 11.6 Å². The van der Waals surface area contributed by atoms with Crippen molar-refractivity contribution in [3.63, 3.8) is 0 Å². The van der Waals surface area contributed by atoms with Crippen LogP contribution in [0.3, 0.4) is 0 Å². The Kier molecular flexibility index (Phi) is 4.96. The third kappa shape index (κ3) is 5.44. The van der Waals surface area contributed by atoms with Gasteiger partial charge in [-0.15, -0.1) is 0 Å². The van der Waals surface area contributed by atoms with Gasteiger partial charge in [-0.05, 0) is 38.5 Å². The van der Waals surface area contributed by atoms with E-state index >= 15 is 0 Å². The third-order valence-corrected chi connectivity index (χ3v) is 3.14. The third-order valence-electron chi connectivity index (χ3n) is 2.68. The summed E-state index contributed by atoms with van der Waals surface area (Å²) in [5, 5.41) is 3.39. The number of rotatable bonds is 4. The van der Waals surface area contributed by atoms with Gasteiger partial charge in [0.15, 0.2) is 0 Å². The van der Waals surface area contributed by atoms with Crippen molar-refractivity contribution in [1.82, 2.24) is 10.3 Å². The van der Waals surface area contributed by atoms with Gasteiger partial charge >= 0.3 is 0 Å². The largest absolute Gasteiger partial charge is 0.439 e. The molecule has 1 N–H and O–H groups in total. The molecule has 1 aromatic heterocycles. The van der Waals surface area contributed by atoms with Crippen LogP contribution in [0.1, 0.15) is 26.3 Å². The van der Waals surface area contributed by atoms with Gasteiger partial charge in [0, 0.05) is 34.9 Å². The summed E-state index contributed by atoms with van der Waals surface area (Å²) in [5.74, 6) is 0.493. The molecule has 0 saturated heterocycles. The molecule has 5 heteroatoms. The van der Waals surface area contributed by atoms with Crippen LogP contribution in [-0.4, -0.2) is 10.5 Å². The van der Waals surface area contributed by atoms with Crippen molar-refractivity contribution in [2.75, 3.05) is 0 Å². The number of hydrogen-bond acceptors (Lipinski definition) is 3. The van der Waals surface area contributed by atoms with Crippen LogP contribution in [0.4, 0.5) is 4.39 Å². The number of nitrogens with zero attached hydrogens (tertiary/aromatic N) is 1. The Morgan fingerprint density at radius 3 is 2.57 bits per heavy atom. The Balaban J connectivity index is 2.02. The first-order chi connectivity index (χ1) is 9.82. The summed E-state index contributed by atoms with van der Waals surface area (Å²) in [6.45, 7) is 7.07. The fraction of sp³-hybridized carbons (Fsp3) is 0.312. The molecule has 0 spiro atoms. The molecule has 0 aliphatic carbocycles. The van der Waals surface area contributed by atoms with E-state index in [9.17, 15) is 4.39 Å². The quantitative estimate of drug-likeness (QED) is 0.868. The molecule has 0 radical (unpaired) electrons. The van der Waals surface area contributed by atoms with Crippen LogP contribution >= 0.6 is 15.9 Å². The molecule has 0 aliphatic heterocycles. The minimum atomic E-state index is -0.356. The van der Waals surface area contributed by atoms with Gasteiger partial charge in [0.05, 0.1) is 0 Å². The fourth-order valence-electron chi connectivity index (χ4n) is 1.65. The molecule has 2 rings (SSSR count). The predicted molar refractivity (Wildman–Crippen MR) is 85.0 cm³/mol. The first kappa shape index (κ1) is 15.9. The van der Waals surface area contributed by atoms with E-state index in [-0.39, 0.29) is 11.4 Å². The zero-order chi connectivity index (χ0) is 15.5. The first-order valence-electron chi connectivity index (χ1n) is 6.66. The highest BCUT2D eigenvalue weighted by molar-refractivity contribution is 9.10. The van der Waals surface area contributed by atoms with Crippen molar-refractivity contribution in [3.05, 3.63) is 52.4 Å². The smallest absolute Gasteiger partial charge is 0.219 e. The van der Waals surface area contributed by atoms with Crippen molar-refractivity contribution in [3.8, 4) is 11.6 Å². The molecule has 0 unspecified atom stereocenters. The maximum absolute atomic E-state index is 13.3. The molecule has 0 aliphatic rings. The number of aromatic nitrogens is 1. The minimum absolute atomic E-state index is 0.0585. The van der Waals surface area contributed by atoms with E-state index in [0.717, 1.165) is 12.1 Å². The van der Waals surface area contributed by atoms with Gasteiger partial charge in [0.2, 0.25) is 5.88 Å². The molecule has 0 amide bonds. The van der Waals surface area contributed by atoms with Crippen molar-refractivity contribution < 1.29 is 9.13 Å². The van der Waals surface area contributed by atoms with E-state index in [2.05, 4.69) is 47.0 Å². The van der Waals surface area contributed by atoms with Crippen molar-refractivity contribution in [2.45, 2.75) is 32.9 Å². The molecule has 2 aromatic rings. The zero-order valence-electron chi connectivity index (χ0n) is 12.3. The van der Waals surface area contributed by atoms with E-state index < -0.39 is 0 Å². The highest BCUT2D eigenvalue weighted by atomic mass is 79.9. The Hall–Kier alpha value is -1.46. The second kappa shape index (κ2) is 6.54. The van der Waals surface area contributed by atoms with Crippen LogP contribution in [0.15, 0.2) is 41.0 Å². The van der Waals surface area contributed by atoms with Crippen LogP contribution in [0.2, 0.25) is 0 Å². The lowest BCUT2D eigenvalue weighted by atomic mass is 10.1. The van der Waals surface area contributed by atoms with E-state index in [1.165, 1.54) is 12.1 Å². The maximum atomic E-state index is 13.3. The molecule has 0 fully saturated rings. The SMILES string of the molecule is CC(C)(C)NCc1ccc(Oc2cc(F)cc(Br)c2)nc1. The van der Waals surface area contributed by atoms with Crippen LogP contribution in [0, 0.1) is 5.82 Å². The predicted octanol–water partition coefficient (Wildman–Crippen LogP) is 4.66. The van der Waals surface area contributed by atoms with Crippen LogP contribution < -0.4 is 10.1 Å². The zero-order valence-corrected chi connectivity index (χ0v) is 13.9. The number of hydrogen-bond donors (Lipinski definition) is 1. The van der Waals surface area contributed by atoms with Gasteiger partial charge in [-0.1, -0.05) is 22.0 Å². The average Bonchev–Trinajstić information content (AvgIpc) is 2.36. The summed E-state index contributed by atoms with van der Waals surface area (Å²) >= 11 is 3.23. The monoisotopic (exact) mass is 352 g/mol. The van der Waals surface area contributed by atoms with Gasteiger partial charge in [0.25, 0.3) is 0 Å². The number of pyridine rings is 1. The summed E-state index contributed by atoms with van der Waals surface area (Å²) in [7, 11) is 0.